The van der Waals surface area contributed by atoms with Crippen LogP contribution in [0.15, 0.2) is 0 Å². The summed E-state index contributed by atoms with van der Waals surface area (Å²) in [6.45, 7) is 3.04. The summed E-state index contributed by atoms with van der Waals surface area (Å²) in [5.74, 6) is 0.138. The molecule has 0 aromatic rings. The number of hydrogen-bond acceptors (Lipinski definition) is 4. The van der Waals surface area contributed by atoms with Gasteiger partial charge in [-0.1, -0.05) is 0 Å². The molecule has 0 aromatic heterocycles. The summed E-state index contributed by atoms with van der Waals surface area (Å²) in [5, 5.41) is 12.4. The van der Waals surface area contributed by atoms with Crippen LogP contribution in [0.4, 0.5) is 0 Å². The zero-order chi connectivity index (χ0) is 11.4. The Kier molecular flexibility index (Phi) is 4.15. The average molecular weight is 228 g/mol. The number of nitrogens with zero attached hydrogens (tertiary/aromatic N) is 1. The van der Waals surface area contributed by atoms with Gasteiger partial charge in [0.25, 0.3) is 0 Å². The first-order valence-corrected chi connectivity index (χ1v) is 6.02. The molecule has 2 aliphatic heterocycles. The van der Waals surface area contributed by atoms with Crippen LogP contribution in [0.5, 0.6) is 0 Å². The third-order valence-electron chi connectivity index (χ3n) is 3.33. The van der Waals surface area contributed by atoms with E-state index in [1.54, 1.807) is 0 Å². The Morgan fingerprint density at radius 3 is 3.12 bits per heavy atom. The lowest BCUT2D eigenvalue weighted by Gasteiger charge is -2.28. The van der Waals surface area contributed by atoms with Gasteiger partial charge in [0.05, 0.1) is 25.9 Å². The maximum absolute atomic E-state index is 12.0. The van der Waals surface area contributed by atoms with Gasteiger partial charge in [-0.25, -0.2) is 0 Å². The zero-order valence-corrected chi connectivity index (χ0v) is 9.52. The number of carbonyl (C=O) groups is 1. The second-order valence-corrected chi connectivity index (χ2v) is 4.50. The lowest BCUT2D eigenvalue weighted by Crippen LogP contribution is -2.46. The van der Waals surface area contributed by atoms with Crippen molar-refractivity contribution in [2.45, 2.75) is 31.3 Å². The van der Waals surface area contributed by atoms with Crippen LogP contribution in [-0.2, 0) is 9.53 Å². The van der Waals surface area contributed by atoms with Crippen LogP contribution < -0.4 is 5.32 Å². The fourth-order valence-electron chi connectivity index (χ4n) is 2.43. The van der Waals surface area contributed by atoms with Gasteiger partial charge in [0.2, 0.25) is 5.91 Å². The van der Waals surface area contributed by atoms with Crippen LogP contribution in [0, 0.1) is 0 Å². The molecule has 2 heterocycles. The maximum atomic E-state index is 12.0. The molecule has 0 spiro atoms. The Balaban J connectivity index is 1.82. The molecule has 2 rings (SSSR count). The molecular formula is C11H20N2O3. The van der Waals surface area contributed by atoms with Gasteiger partial charge in [-0.3, -0.25) is 4.79 Å². The largest absolute Gasteiger partial charge is 0.394 e. The van der Waals surface area contributed by atoms with Gasteiger partial charge >= 0.3 is 0 Å². The summed E-state index contributed by atoms with van der Waals surface area (Å²) in [6, 6.07) is 0.179. The number of likely N-dealkylation sites (tertiary alicyclic amines) is 1. The predicted molar refractivity (Wildman–Crippen MR) is 59.0 cm³/mol. The normalized spacial score (nSPS) is 30.7. The van der Waals surface area contributed by atoms with Crippen molar-refractivity contribution in [2.24, 2.45) is 0 Å². The molecular weight excluding hydrogens is 208 g/mol. The number of aliphatic hydroxyl groups is 1. The van der Waals surface area contributed by atoms with Crippen molar-refractivity contribution in [2.75, 3.05) is 32.9 Å². The number of rotatable bonds is 3. The molecule has 2 fully saturated rings. The monoisotopic (exact) mass is 228 g/mol. The van der Waals surface area contributed by atoms with Crippen molar-refractivity contribution in [1.82, 2.24) is 10.2 Å². The summed E-state index contributed by atoms with van der Waals surface area (Å²) in [6.07, 6.45) is 2.42. The molecule has 5 heteroatoms. The molecule has 0 aliphatic carbocycles. The molecule has 2 N–H and O–H groups in total. The lowest BCUT2D eigenvalue weighted by molar-refractivity contribution is -0.134. The van der Waals surface area contributed by atoms with Crippen LogP contribution in [0.25, 0.3) is 0 Å². The Hall–Kier alpha value is -0.650. The van der Waals surface area contributed by atoms with E-state index in [0.717, 1.165) is 32.5 Å². The van der Waals surface area contributed by atoms with Gasteiger partial charge in [-0.15, -0.1) is 0 Å². The van der Waals surface area contributed by atoms with Crippen molar-refractivity contribution in [3.8, 4) is 0 Å². The number of ether oxygens (including phenoxy) is 1. The van der Waals surface area contributed by atoms with Crippen molar-refractivity contribution in [3.63, 3.8) is 0 Å². The van der Waals surface area contributed by atoms with Crippen LogP contribution in [0.3, 0.4) is 0 Å². The topological polar surface area (TPSA) is 61.8 Å². The van der Waals surface area contributed by atoms with E-state index in [9.17, 15) is 4.79 Å². The van der Waals surface area contributed by atoms with Crippen molar-refractivity contribution in [3.05, 3.63) is 0 Å². The van der Waals surface area contributed by atoms with Gasteiger partial charge < -0.3 is 20.1 Å². The van der Waals surface area contributed by atoms with Crippen LogP contribution in [0.1, 0.15) is 19.3 Å². The molecule has 0 saturated carbocycles. The van der Waals surface area contributed by atoms with Gasteiger partial charge in [-0.05, 0) is 12.8 Å². The highest BCUT2D eigenvalue weighted by Gasteiger charge is 2.29. The summed E-state index contributed by atoms with van der Waals surface area (Å²) >= 11 is 0. The Labute approximate surface area is 95.8 Å². The minimum absolute atomic E-state index is 0.0389. The molecule has 0 aromatic carbocycles. The van der Waals surface area contributed by atoms with Crippen LogP contribution in [-0.4, -0.2) is 60.9 Å². The van der Waals surface area contributed by atoms with E-state index in [2.05, 4.69) is 5.32 Å². The molecule has 2 saturated heterocycles. The van der Waals surface area contributed by atoms with Crippen molar-refractivity contribution < 1.29 is 14.6 Å². The fraction of sp³-hybridized carbons (Fsp3) is 0.909. The third-order valence-corrected chi connectivity index (χ3v) is 3.33. The number of carbonyl (C=O) groups excluding carboxylic acids is 1. The van der Waals surface area contributed by atoms with Crippen molar-refractivity contribution in [1.29, 1.82) is 0 Å². The zero-order valence-electron chi connectivity index (χ0n) is 9.52. The Morgan fingerprint density at radius 2 is 2.44 bits per heavy atom. The number of hydrogen-bond donors (Lipinski definition) is 2. The standard InChI is InChI=1S/C11H20N2O3/c14-7-10-2-1-4-13(10)11(15)6-9-8-16-5-3-12-9/h9-10,12,14H,1-8H2. The molecule has 0 radical (unpaired) electrons. The van der Waals surface area contributed by atoms with Gasteiger partial charge in [-0.2, -0.15) is 0 Å². The molecule has 2 aliphatic rings. The quantitative estimate of drug-likeness (QED) is 0.674. The van der Waals surface area contributed by atoms with Gasteiger partial charge in [0.1, 0.15) is 0 Å². The minimum Gasteiger partial charge on any atom is -0.394 e. The molecule has 5 nitrogen and oxygen atoms in total. The fourth-order valence-corrected chi connectivity index (χ4v) is 2.43. The second kappa shape index (κ2) is 5.61. The minimum atomic E-state index is 0.0389. The molecule has 92 valence electrons. The van der Waals surface area contributed by atoms with Crippen molar-refractivity contribution >= 4 is 5.91 Å². The highest BCUT2D eigenvalue weighted by atomic mass is 16.5. The molecule has 2 unspecified atom stereocenters. The van der Waals surface area contributed by atoms with Crippen LogP contribution in [0.2, 0.25) is 0 Å². The van der Waals surface area contributed by atoms with E-state index in [0.29, 0.717) is 13.0 Å². The van der Waals surface area contributed by atoms with E-state index >= 15 is 0 Å². The van der Waals surface area contributed by atoms with E-state index in [1.165, 1.54) is 0 Å². The number of morpholine rings is 1. The van der Waals surface area contributed by atoms with Gasteiger partial charge in [0, 0.05) is 25.6 Å². The molecule has 1 amide bonds. The van der Waals surface area contributed by atoms with E-state index < -0.39 is 0 Å². The third kappa shape index (κ3) is 2.72. The second-order valence-electron chi connectivity index (χ2n) is 4.50. The highest BCUT2D eigenvalue weighted by molar-refractivity contribution is 5.77. The number of nitrogens with one attached hydrogen (secondary N) is 1. The summed E-state index contributed by atoms with van der Waals surface area (Å²) in [4.78, 5) is 13.8. The summed E-state index contributed by atoms with van der Waals surface area (Å²) in [7, 11) is 0. The first kappa shape index (κ1) is 11.8. The van der Waals surface area contributed by atoms with E-state index in [1.807, 2.05) is 4.90 Å². The Bertz CT molecular complexity index is 241. The average Bonchev–Trinajstić information content (AvgIpc) is 2.78. The Morgan fingerprint density at radius 1 is 1.56 bits per heavy atom. The summed E-state index contributed by atoms with van der Waals surface area (Å²) in [5.41, 5.74) is 0. The summed E-state index contributed by atoms with van der Waals surface area (Å²) < 4.78 is 5.32. The first-order chi connectivity index (χ1) is 7.81. The lowest BCUT2D eigenvalue weighted by atomic mass is 10.1. The highest BCUT2D eigenvalue weighted by Crippen LogP contribution is 2.18. The maximum Gasteiger partial charge on any atom is 0.224 e. The SMILES string of the molecule is O=C(CC1COCCN1)N1CCCC1CO. The first-order valence-electron chi connectivity index (χ1n) is 6.02. The van der Waals surface area contributed by atoms with Gasteiger partial charge in [0.15, 0.2) is 0 Å². The molecule has 16 heavy (non-hydrogen) atoms. The molecule has 0 bridgehead atoms. The van der Waals surface area contributed by atoms with E-state index in [-0.39, 0.29) is 24.6 Å². The van der Waals surface area contributed by atoms with E-state index in [4.69, 9.17) is 9.84 Å². The van der Waals surface area contributed by atoms with Crippen LogP contribution >= 0.6 is 0 Å². The number of amides is 1. The number of aliphatic hydroxyl groups excluding tert-OH is 1. The predicted octanol–water partition coefficient (Wildman–Crippen LogP) is -0.652. The molecule has 2 atom stereocenters. The smallest absolute Gasteiger partial charge is 0.224 e.